The fourth-order valence-electron chi connectivity index (χ4n) is 5.90. The molecule has 0 bridgehead atoms. The molecule has 1 aromatic carbocycles. The fraction of sp³-hybridized carbons (Fsp3) is 0. The molecule has 12 nitrogen and oxygen atoms in total. The van der Waals surface area contributed by atoms with Crippen molar-refractivity contribution >= 4 is 16.7 Å². The van der Waals surface area contributed by atoms with Crippen molar-refractivity contribution in [3.8, 4) is 51.8 Å². The molecule has 7 rings (SSSR count). The first-order chi connectivity index (χ1) is 20.6. The number of hydrogen-bond donors (Lipinski definition) is 0. The van der Waals surface area contributed by atoms with Gasteiger partial charge in [0.25, 0.3) is 5.70 Å². The minimum atomic E-state index is -0.257. The molecule has 42 heavy (non-hydrogen) atoms. The molecule has 12 heteroatoms. The zero-order valence-electron chi connectivity index (χ0n) is 20.8. The van der Waals surface area contributed by atoms with Crippen LogP contribution < -0.4 is 0 Å². The third-order valence-electron chi connectivity index (χ3n) is 7.27. The Balaban J connectivity index is 1.88. The maximum Gasteiger partial charge on any atom is 0.528 e. The molecule has 0 aliphatic heterocycles. The van der Waals surface area contributed by atoms with Gasteiger partial charge in [0.1, 0.15) is 49.8 Å². The lowest BCUT2D eigenvalue weighted by Crippen LogP contribution is -1.99. The van der Waals surface area contributed by atoms with E-state index in [1.807, 2.05) is 18.2 Å². The summed E-state index contributed by atoms with van der Waals surface area (Å²) in [4.78, 5) is 36.6. The van der Waals surface area contributed by atoms with E-state index < -0.39 is 0 Å². The Morgan fingerprint density at radius 2 is 1.05 bits per heavy atom. The van der Waals surface area contributed by atoms with Crippen LogP contribution in [0, 0.1) is 53.7 Å². The zero-order chi connectivity index (χ0) is 29.1. The number of fused-ring (bicyclic) bond motifs is 12. The van der Waals surface area contributed by atoms with Crippen LogP contribution >= 0.6 is 0 Å². The second kappa shape index (κ2) is 8.57. The molecular weight excluding hydrogens is 528 g/mol. The Labute approximate surface area is 236 Å². The molecule has 186 valence electrons. The molecule has 0 fully saturated rings. The van der Waals surface area contributed by atoms with Gasteiger partial charge in [-0.05, 0) is 11.1 Å². The zero-order valence-corrected chi connectivity index (χ0v) is 20.8. The van der Waals surface area contributed by atoms with Crippen LogP contribution in [0.25, 0.3) is 64.9 Å². The molecule has 0 amide bonds. The molecular formula is C30H6N12. The van der Waals surface area contributed by atoms with Crippen molar-refractivity contribution in [3.63, 3.8) is 0 Å². The normalized spacial score (nSPS) is 13.3. The number of hydrogen-bond acceptors (Lipinski definition) is 9. The second-order valence-electron chi connectivity index (χ2n) is 8.95. The number of nitriles is 3. The standard InChI is InChI=1S/C30H6N12/c1-34-17(6-33)21-23-19(15-8-38-10-40-27(15)21)22-18(13(4-31)5-32)14-7-37-11-41-28(14)25(22)24-20(30(35-2)36-3)16-9-39-12-42-29(16)26(23)24/h7-12H/b21-17+. The highest BCUT2D eigenvalue weighted by Crippen LogP contribution is 2.63. The molecule has 3 heterocycles. The quantitative estimate of drug-likeness (QED) is 0.200. The highest BCUT2D eigenvalue weighted by Gasteiger charge is 2.47. The maximum absolute atomic E-state index is 10.1. The summed E-state index contributed by atoms with van der Waals surface area (Å²) in [5, 5.41) is 30.2. The molecule has 3 aliphatic rings. The molecule has 4 aromatic rings. The van der Waals surface area contributed by atoms with Crippen LogP contribution in [0.15, 0.2) is 54.7 Å². The van der Waals surface area contributed by atoms with Crippen molar-refractivity contribution in [1.82, 2.24) is 29.9 Å². The van der Waals surface area contributed by atoms with E-state index in [1.165, 1.54) is 31.4 Å². The van der Waals surface area contributed by atoms with Crippen LogP contribution in [0.4, 0.5) is 0 Å². The Kier molecular flexibility index (Phi) is 4.84. The average Bonchev–Trinajstić information content (AvgIpc) is 3.66. The van der Waals surface area contributed by atoms with Crippen LogP contribution in [0.2, 0.25) is 0 Å². The van der Waals surface area contributed by atoms with E-state index in [0.717, 1.165) is 0 Å². The topological polar surface area (TPSA) is 162 Å². The molecule has 0 saturated carbocycles. The SMILES string of the molecule is [C-]#[N+]C([N+]#[C-])=C1c2cncnc2-c2c1c1c(c3c2/C(=C(/C#N)[N+]#[C-])c2ncncc2-3)C(=C(C#N)C#N)c2cncnc2-1. The Morgan fingerprint density at radius 3 is 1.57 bits per heavy atom. The van der Waals surface area contributed by atoms with E-state index in [4.69, 9.17) is 19.7 Å². The first-order valence-corrected chi connectivity index (χ1v) is 11.9. The molecule has 0 saturated heterocycles. The molecule has 0 unspecified atom stereocenters. The van der Waals surface area contributed by atoms with E-state index in [9.17, 15) is 15.8 Å². The number of aromatic nitrogens is 6. The summed E-state index contributed by atoms with van der Waals surface area (Å²) in [6.45, 7) is 23.5. The lowest BCUT2D eigenvalue weighted by Gasteiger charge is -2.17. The van der Waals surface area contributed by atoms with Crippen molar-refractivity contribution in [2.45, 2.75) is 0 Å². The van der Waals surface area contributed by atoms with Crippen molar-refractivity contribution in [2.75, 3.05) is 0 Å². The maximum atomic E-state index is 10.1. The van der Waals surface area contributed by atoms with Gasteiger partial charge in [0.2, 0.25) is 0 Å². The Hall–Kier alpha value is -7.38. The predicted molar refractivity (Wildman–Crippen MR) is 144 cm³/mol. The van der Waals surface area contributed by atoms with Gasteiger partial charge in [-0.1, -0.05) is 0 Å². The summed E-state index contributed by atoms with van der Waals surface area (Å²) in [7, 11) is 0. The third kappa shape index (κ3) is 2.71. The van der Waals surface area contributed by atoms with E-state index >= 15 is 0 Å². The van der Waals surface area contributed by atoms with Crippen LogP contribution in [0.5, 0.6) is 0 Å². The van der Waals surface area contributed by atoms with Gasteiger partial charge in [-0.3, -0.25) is 0 Å². The highest BCUT2D eigenvalue weighted by atomic mass is 14.9. The summed E-state index contributed by atoms with van der Waals surface area (Å²) in [6, 6.07) is 5.92. The van der Waals surface area contributed by atoms with Gasteiger partial charge in [-0.15, -0.1) is 0 Å². The van der Waals surface area contributed by atoms with E-state index in [-0.39, 0.29) is 33.8 Å². The first kappa shape index (κ1) is 23.7. The molecule has 0 N–H and O–H groups in total. The van der Waals surface area contributed by atoms with Gasteiger partial charge >= 0.3 is 5.82 Å². The largest absolute Gasteiger partial charge is 0.528 e. The molecule has 0 atom stereocenters. The van der Waals surface area contributed by atoms with Crippen LogP contribution in [0.1, 0.15) is 33.5 Å². The van der Waals surface area contributed by atoms with Gasteiger partial charge in [0.05, 0.1) is 35.3 Å². The van der Waals surface area contributed by atoms with Gasteiger partial charge in [-0.2, -0.15) is 20.2 Å². The van der Waals surface area contributed by atoms with E-state index in [0.29, 0.717) is 67.2 Å². The van der Waals surface area contributed by atoms with Crippen LogP contribution in [-0.2, 0) is 0 Å². The fourth-order valence-corrected chi connectivity index (χ4v) is 5.90. The Bertz CT molecular complexity index is 2030. The number of benzene rings is 1. The number of nitrogens with zero attached hydrogens (tertiary/aromatic N) is 12. The van der Waals surface area contributed by atoms with Crippen molar-refractivity contribution in [2.24, 2.45) is 0 Å². The number of rotatable bonds is 0. The summed E-state index contributed by atoms with van der Waals surface area (Å²) in [5.74, 6) is -0.257. The molecule has 3 aliphatic carbocycles. The van der Waals surface area contributed by atoms with E-state index in [1.54, 1.807) is 6.20 Å². The minimum Gasteiger partial charge on any atom is -0.244 e. The second-order valence-corrected chi connectivity index (χ2v) is 8.95. The third-order valence-corrected chi connectivity index (χ3v) is 7.27. The monoisotopic (exact) mass is 534 g/mol. The lowest BCUT2D eigenvalue weighted by molar-refractivity contribution is 1.15. The Morgan fingerprint density at radius 1 is 0.548 bits per heavy atom. The number of allylic oxidation sites excluding steroid dienone is 2. The average molecular weight is 534 g/mol. The summed E-state index contributed by atoms with van der Waals surface area (Å²) in [6.07, 6.45) is 8.50. The van der Waals surface area contributed by atoms with Gasteiger partial charge in [0, 0.05) is 68.7 Å². The van der Waals surface area contributed by atoms with Crippen LogP contribution in [-0.4, -0.2) is 29.9 Å². The highest BCUT2D eigenvalue weighted by molar-refractivity contribution is 6.23. The first-order valence-electron chi connectivity index (χ1n) is 11.9. The smallest absolute Gasteiger partial charge is 0.244 e. The van der Waals surface area contributed by atoms with Crippen molar-refractivity contribution in [3.05, 3.63) is 122 Å². The van der Waals surface area contributed by atoms with Crippen LogP contribution in [0.3, 0.4) is 0 Å². The van der Waals surface area contributed by atoms with Crippen molar-refractivity contribution in [1.29, 1.82) is 15.8 Å². The van der Waals surface area contributed by atoms with Gasteiger partial charge in [-0.25, -0.2) is 40.0 Å². The molecule has 0 radical (unpaired) electrons. The molecule has 3 aromatic heterocycles. The van der Waals surface area contributed by atoms with Crippen molar-refractivity contribution < 1.29 is 0 Å². The van der Waals surface area contributed by atoms with Gasteiger partial charge in [0.15, 0.2) is 0 Å². The predicted octanol–water partition coefficient (Wildman–Crippen LogP) is 4.60. The van der Waals surface area contributed by atoms with Gasteiger partial charge < -0.3 is 0 Å². The van der Waals surface area contributed by atoms with E-state index in [2.05, 4.69) is 44.4 Å². The summed E-state index contributed by atoms with van der Waals surface area (Å²) >= 11 is 0. The lowest BCUT2D eigenvalue weighted by atomic mass is 9.84. The summed E-state index contributed by atoms with van der Waals surface area (Å²) in [5.41, 5.74) is 5.15. The molecule has 0 spiro atoms. The summed E-state index contributed by atoms with van der Waals surface area (Å²) < 4.78 is 0. The minimum absolute atomic E-state index is 0.216.